The molecule has 1 aliphatic heterocycles. The lowest BCUT2D eigenvalue weighted by Crippen LogP contribution is -2.42. The van der Waals surface area contributed by atoms with E-state index in [0.717, 1.165) is 30.5 Å². The Hall–Kier alpha value is -1.56. The van der Waals surface area contributed by atoms with E-state index in [0.29, 0.717) is 25.4 Å². The molecule has 134 valence electrons. The van der Waals surface area contributed by atoms with Gasteiger partial charge in [0.25, 0.3) is 0 Å². The highest BCUT2D eigenvalue weighted by Gasteiger charge is 2.30. The van der Waals surface area contributed by atoms with Crippen molar-refractivity contribution in [2.45, 2.75) is 51.2 Å². The molecule has 2 unspecified atom stereocenters. The van der Waals surface area contributed by atoms with Gasteiger partial charge in [-0.3, -0.25) is 4.79 Å². The van der Waals surface area contributed by atoms with E-state index < -0.39 is 11.7 Å². The highest BCUT2D eigenvalue weighted by Crippen LogP contribution is 2.31. The summed E-state index contributed by atoms with van der Waals surface area (Å²) in [6, 6.07) is 5.22. The van der Waals surface area contributed by atoms with Crippen molar-refractivity contribution in [3.8, 4) is 0 Å². The average Bonchev–Trinajstić information content (AvgIpc) is 2.54. The van der Waals surface area contributed by atoms with Crippen LogP contribution in [0.3, 0.4) is 0 Å². The fraction of sp³-hybridized carbons (Fsp3) is 0.611. The number of nitrogens with zero attached hydrogens (tertiary/aromatic N) is 1. The monoisotopic (exact) mass is 342 g/mol. The van der Waals surface area contributed by atoms with E-state index in [9.17, 15) is 18.0 Å². The van der Waals surface area contributed by atoms with Gasteiger partial charge in [0.1, 0.15) is 0 Å². The number of alkyl halides is 3. The van der Waals surface area contributed by atoms with Crippen molar-refractivity contribution in [3.63, 3.8) is 0 Å². The van der Waals surface area contributed by atoms with Crippen LogP contribution in [0.25, 0.3) is 0 Å². The molecule has 24 heavy (non-hydrogen) atoms. The highest BCUT2D eigenvalue weighted by atomic mass is 19.4. The molecule has 0 radical (unpaired) electrons. The number of amides is 1. The summed E-state index contributed by atoms with van der Waals surface area (Å²) in [6.45, 7) is 5.29. The molecular formula is C18H25F3N2O. The minimum atomic E-state index is -4.33. The summed E-state index contributed by atoms with van der Waals surface area (Å²) in [6.07, 6.45) is -2.19. The van der Waals surface area contributed by atoms with E-state index in [-0.39, 0.29) is 17.9 Å². The molecule has 2 rings (SSSR count). The van der Waals surface area contributed by atoms with Crippen molar-refractivity contribution >= 4 is 5.91 Å². The fourth-order valence-corrected chi connectivity index (χ4v) is 3.18. The maximum absolute atomic E-state index is 12.6. The number of likely N-dealkylation sites (tertiary alicyclic amines) is 1. The standard InChI is InChI=1S/C18H25F3N2O/c1-12(14-3-5-16(6-4-14)18(19,20)21)11-17(24)23-9-7-15(8-10-23)13(2)22/h3-6,12-13,15H,7-11,22H2,1-2H3. The van der Waals surface area contributed by atoms with Gasteiger partial charge in [-0.05, 0) is 49.3 Å². The Morgan fingerprint density at radius 3 is 2.21 bits per heavy atom. The van der Waals surface area contributed by atoms with Crippen LogP contribution in [0, 0.1) is 5.92 Å². The van der Waals surface area contributed by atoms with Crippen LogP contribution in [-0.2, 0) is 11.0 Å². The number of carbonyl (C=O) groups excluding carboxylic acids is 1. The molecule has 0 aliphatic carbocycles. The number of piperidine rings is 1. The third kappa shape index (κ3) is 4.72. The average molecular weight is 342 g/mol. The molecule has 0 spiro atoms. The Balaban J connectivity index is 1.90. The summed E-state index contributed by atoms with van der Waals surface area (Å²) in [7, 11) is 0. The first-order chi connectivity index (χ1) is 11.2. The van der Waals surface area contributed by atoms with E-state index >= 15 is 0 Å². The fourth-order valence-electron chi connectivity index (χ4n) is 3.18. The quantitative estimate of drug-likeness (QED) is 0.905. The van der Waals surface area contributed by atoms with Gasteiger partial charge in [0.15, 0.2) is 0 Å². The number of benzene rings is 1. The molecule has 1 saturated heterocycles. The molecule has 1 fully saturated rings. The van der Waals surface area contributed by atoms with Crippen LogP contribution in [0.5, 0.6) is 0 Å². The van der Waals surface area contributed by atoms with Gasteiger partial charge in [0.05, 0.1) is 5.56 Å². The van der Waals surface area contributed by atoms with Crippen LogP contribution < -0.4 is 5.73 Å². The molecule has 1 heterocycles. The first kappa shape index (κ1) is 18.8. The topological polar surface area (TPSA) is 46.3 Å². The van der Waals surface area contributed by atoms with Crippen molar-refractivity contribution in [3.05, 3.63) is 35.4 Å². The van der Waals surface area contributed by atoms with Gasteiger partial charge in [-0.2, -0.15) is 13.2 Å². The predicted octanol–water partition coefficient (Wildman–Crippen LogP) is 3.78. The third-order valence-electron chi connectivity index (χ3n) is 4.92. The molecule has 0 saturated carbocycles. The van der Waals surface area contributed by atoms with E-state index in [1.807, 2.05) is 18.7 Å². The second-order valence-electron chi connectivity index (χ2n) is 6.80. The Labute approximate surface area is 141 Å². The van der Waals surface area contributed by atoms with Gasteiger partial charge < -0.3 is 10.6 Å². The smallest absolute Gasteiger partial charge is 0.343 e. The van der Waals surface area contributed by atoms with E-state index in [4.69, 9.17) is 5.73 Å². The van der Waals surface area contributed by atoms with Gasteiger partial charge in [0.2, 0.25) is 5.91 Å². The third-order valence-corrected chi connectivity index (χ3v) is 4.92. The highest BCUT2D eigenvalue weighted by molar-refractivity contribution is 5.77. The zero-order chi connectivity index (χ0) is 17.9. The number of hydrogen-bond donors (Lipinski definition) is 1. The van der Waals surface area contributed by atoms with Crippen molar-refractivity contribution in [2.75, 3.05) is 13.1 Å². The van der Waals surface area contributed by atoms with Crippen LogP contribution >= 0.6 is 0 Å². The van der Waals surface area contributed by atoms with Gasteiger partial charge in [-0.15, -0.1) is 0 Å². The normalized spacial score (nSPS) is 19.2. The molecule has 1 aromatic rings. The lowest BCUT2D eigenvalue weighted by molar-refractivity contribution is -0.137. The van der Waals surface area contributed by atoms with Crippen LogP contribution in [0.4, 0.5) is 13.2 Å². The van der Waals surface area contributed by atoms with Gasteiger partial charge in [0, 0.05) is 25.6 Å². The Bertz CT molecular complexity index is 546. The van der Waals surface area contributed by atoms with Crippen molar-refractivity contribution in [2.24, 2.45) is 11.7 Å². The zero-order valence-corrected chi connectivity index (χ0v) is 14.1. The largest absolute Gasteiger partial charge is 0.416 e. The predicted molar refractivity (Wildman–Crippen MR) is 87.4 cm³/mol. The number of halogens is 3. The van der Waals surface area contributed by atoms with Crippen LogP contribution in [0.15, 0.2) is 24.3 Å². The number of rotatable bonds is 4. The lowest BCUT2D eigenvalue weighted by Gasteiger charge is -2.34. The Morgan fingerprint density at radius 2 is 1.75 bits per heavy atom. The SMILES string of the molecule is CC(CC(=O)N1CCC(C(C)N)CC1)c1ccc(C(F)(F)F)cc1. The van der Waals surface area contributed by atoms with Gasteiger partial charge in [-0.1, -0.05) is 19.1 Å². The molecule has 6 heteroatoms. The molecular weight excluding hydrogens is 317 g/mol. The molecule has 1 aromatic carbocycles. The summed E-state index contributed by atoms with van der Waals surface area (Å²) in [4.78, 5) is 14.2. The minimum Gasteiger partial charge on any atom is -0.343 e. The van der Waals surface area contributed by atoms with Crippen LogP contribution in [0.2, 0.25) is 0 Å². The Morgan fingerprint density at radius 1 is 1.21 bits per heavy atom. The first-order valence-electron chi connectivity index (χ1n) is 8.39. The van der Waals surface area contributed by atoms with Crippen molar-refractivity contribution in [1.29, 1.82) is 0 Å². The van der Waals surface area contributed by atoms with E-state index in [1.165, 1.54) is 12.1 Å². The minimum absolute atomic E-state index is 0.0607. The van der Waals surface area contributed by atoms with Gasteiger partial charge in [-0.25, -0.2) is 0 Å². The Kier molecular flexibility index (Phi) is 5.91. The molecule has 0 aromatic heterocycles. The summed E-state index contributed by atoms with van der Waals surface area (Å²) in [5.74, 6) is 0.415. The molecule has 0 bridgehead atoms. The maximum atomic E-state index is 12.6. The molecule has 2 atom stereocenters. The van der Waals surface area contributed by atoms with Gasteiger partial charge >= 0.3 is 6.18 Å². The number of nitrogens with two attached hydrogens (primary N) is 1. The van der Waals surface area contributed by atoms with E-state index in [2.05, 4.69) is 0 Å². The summed E-state index contributed by atoms with van der Waals surface area (Å²) >= 11 is 0. The number of hydrogen-bond acceptors (Lipinski definition) is 2. The summed E-state index contributed by atoms with van der Waals surface area (Å²) in [5, 5.41) is 0. The lowest BCUT2D eigenvalue weighted by atomic mass is 9.90. The van der Waals surface area contributed by atoms with Crippen LogP contribution in [0.1, 0.15) is 50.2 Å². The van der Waals surface area contributed by atoms with Crippen LogP contribution in [-0.4, -0.2) is 29.9 Å². The van der Waals surface area contributed by atoms with Crippen molar-refractivity contribution in [1.82, 2.24) is 4.90 Å². The zero-order valence-electron chi connectivity index (χ0n) is 14.1. The summed E-state index contributed by atoms with van der Waals surface area (Å²) < 4.78 is 37.8. The number of carbonyl (C=O) groups is 1. The van der Waals surface area contributed by atoms with Crippen molar-refractivity contribution < 1.29 is 18.0 Å². The molecule has 2 N–H and O–H groups in total. The first-order valence-corrected chi connectivity index (χ1v) is 8.39. The van der Waals surface area contributed by atoms with E-state index in [1.54, 1.807) is 0 Å². The molecule has 3 nitrogen and oxygen atoms in total. The molecule has 1 amide bonds. The second-order valence-corrected chi connectivity index (χ2v) is 6.80. The molecule has 1 aliphatic rings. The second kappa shape index (κ2) is 7.55. The maximum Gasteiger partial charge on any atom is 0.416 e. The summed E-state index contributed by atoms with van der Waals surface area (Å²) in [5.41, 5.74) is 5.99.